The molecule has 1 fully saturated rings. The van der Waals surface area contributed by atoms with Gasteiger partial charge in [-0.3, -0.25) is 33.6 Å². The number of unbranched alkanes of at least 4 members (excludes halogenated alkanes) is 19. The molecule has 0 heterocycles. The van der Waals surface area contributed by atoms with Crippen LogP contribution in [0.4, 0.5) is 0 Å². The Balaban J connectivity index is -0.000000236. The molecule has 4 aromatic rings. The van der Waals surface area contributed by atoms with E-state index in [2.05, 4.69) is 74.4 Å². The van der Waals surface area contributed by atoms with E-state index < -0.39 is 23.6 Å². The Morgan fingerprint density at radius 1 is 0.500 bits per heavy atom. The number of carbonyl (C=O) groups excluding carboxylic acids is 6. The van der Waals surface area contributed by atoms with Crippen molar-refractivity contribution < 1.29 is 131 Å². The van der Waals surface area contributed by atoms with Crippen molar-refractivity contribution in [3.63, 3.8) is 0 Å². The number of allylic oxidation sites excluding steroid dienone is 2. The monoisotopic (exact) mass is 2300 g/mol. The van der Waals surface area contributed by atoms with Gasteiger partial charge in [-0.2, -0.15) is 0 Å². The normalized spacial score (nSPS) is 12.6. The number of aldehydes is 4. The third-order valence-electron chi connectivity index (χ3n) is 20.4. The average Bonchev–Trinajstić information content (AvgIpc) is 0.796. The van der Waals surface area contributed by atoms with Gasteiger partial charge < -0.3 is 59.1 Å². The number of nitrogens with zero attached hydrogens (tertiary/aromatic N) is 2. The van der Waals surface area contributed by atoms with Crippen LogP contribution in [0.5, 0.6) is 40.2 Å². The van der Waals surface area contributed by atoms with E-state index in [4.69, 9.17) is 48.8 Å². The van der Waals surface area contributed by atoms with Crippen molar-refractivity contribution in [2.24, 2.45) is 15.7 Å². The van der Waals surface area contributed by atoms with Gasteiger partial charge in [0.1, 0.15) is 40.2 Å². The van der Waals surface area contributed by atoms with E-state index >= 15 is 0 Å². The fraction of sp³-hybridized carbons (Fsp3) is 0.660. The van der Waals surface area contributed by atoms with Crippen LogP contribution in [0, 0.1) is 0 Å². The van der Waals surface area contributed by atoms with Gasteiger partial charge >= 0.3 is 49.6 Å². The standard InChI is InChI=1S/C27H46O6Si.C22H32O4.C15H22O2.C11H14O3.C11H20O2.C7H14N2.C6H13ClN2.C4H12OSi.3CH4.O.2Pt/c1-7-31-34(6,32-8-2)18-16-14-12-10-9-11-13-15-17-25(29)33-23-19-22(21-28)26(30)24(20-23)27(3,4)5;1-5-6-7-8-9-10-11-12-13-20(24)26-18-14-17(16-23)21(25)19(15-18)22(2,3)4;1-14(2,3)11-7-10(9-16)13(17)12(8-11)15(4,5)6;1-11(2,3)9-5-8(13)4-7(6-12)10(9)14;1-2-3-4-5-6-7-8-9-10-11(12)13;1-6(2)8-5-9-7(3)4;7-9-6-4-2-1-3-5(6)8;1-4-5-6(2)3;;;;;;/h19-21,30H,7-18H2,1-6H3;5,14-16,25H,1,6-13H2,2-4H3;7-9,17H,1-6H3;4-6,13-14H,1-3H3;2H,1,3-10H2,(H,12,13);6-7H,1-4H3;5-6,9H,1-4,8H2;6H,4H2,1-3H3;3*1H4;;;/t;;;;;;5-,6-;;;;;;;/m......1......./s1. The summed E-state index contributed by atoms with van der Waals surface area (Å²) in [5.74, 6) is -0.720. The van der Waals surface area contributed by atoms with E-state index in [-0.39, 0.29) is 134 Å². The smallest absolute Gasteiger partial charge is 0 e. The number of hydrogen-bond donors (Lipinski definition) is 8. The van der Waals surface area contributed by atoms with Crippen molar-refractivity contribution in [2.75, 3.05) is 19.8 Å². The first-order valence-electron chi connectivity index (χ1n) is 46.9. The van der Waals surface area contributed by atoms with Gasteiger partial charge in [-0.1, -0.05) is 254 Å². The molecule has 0 amide bonds. The molecular formula is C106H185ClN4O19Pt2Si2. The molecule has 0 radical (unpaired) electrons. The van der Waals surface area contributed by atoms with Crippen LogP contribution in [-0.4, -0.2) is 141 Å². The number of phenols is 5. The Kier molecular flexibility index (Phi) is 85.7. The first kappa shape index (κ1) is 143. The van der Waals surface area contributed by atoms with Gasteiger partial charge in [0.2, 0.25) is 0 Å². The average molecular weight is 2300 g/mol. The van der Waals surface area contributed by atoms with Crippen molar-refractivity contribution in [3.05, 3.63) is 124 Å². The summed E-state index contributed by atoms with van der Waals surface area (Å²) in [5.41, 5.74) is 8.90. The number of nitrogens with two attached hydrogens (primary N) is 1. The molecule has 23 nitrogen and oxygen atoms in total. The molecule has 2 atom stereocenters. The third-order valence-corrected chi connectivity index (χ3v) is 24.7. The van der Waals surface area contributed by atoms with E-state index in [9.17, 15) is 59.1 Å². The largest absolute Gasteiger partial charge is 0 e. The number of phenolic OH excluding ortho intramolecular Hbond substituents is 5. The molecule has 0 aliphatic heterocycles. The summed E-state index contributed by atoms with van der Waals surface area (Å²) >= 11 is 6.33. The maximum atomic E-state index is 12.2. The molecule has 1 aliphatic rings. The summed E-state index contributed by atoms with van der Waals surface area (Å²) in [6, 6.07) is 17.6. The molecule has 0 saturated heterocycles. The van der Waals surface area contributed by atoms with Crippen molar-refractivity contribution in [1.29, 1.82) is 0 Å². The fourth-order valence-electron chi connectivity index (χ4n) is 13.1. The molecule has 0 aromatic heterocycles. The number of carbonyl (C=O) groups is 7. The number of ether oxygens (including phenoxy) is 2. The first-order chi connectivity index (χ1) is 60.8. The molecule has 778 valence electrons. The number of benzene rings is 4. The van der Waals surface area contributed by atoms with Crippen molar-refractivity contribution in [2.45, 2.75) is 438 Å². The molecule has 0 bridgehead atoms. The van der Waals surface area contributed by atoms with Crippen LogP contribution in [-0.2, 0) is 99.0 Å². The van der Waals surface area contributed by atoms with Gasteiger partial charge in [-0.05, 0) is 219 Å². The van der Waals surface area contributed by atoms with Crippen LogP contribution in [0.25, 0.3) is 0 Å². The molecule has 0 spiro atoms. The number of aliphatic carboxylic acids is 1. The summed E-state index contributed by atoms with van der Waals surface area (Å²) in [7, 11) is -2.64. The molecule has 5 rings (SSSR count). The predicted molar refractivity (Wildman–Crippen MR) is 554 cm³/mol. The number of aliphatic imine (C=N–C) groups is 2. The number of esters is 2. The maximum absolute atomic E-state index is 12.2. The zero-order valence-corrected chi connectivity index (χ0v) is 92.1. The Hall–Kier alpha value is -6.47. The molecule has 1 aliphatic carbocycles. The van der Waals surface area contributed by atoms with E-state index in [1.54, 1.807) is 18.2 Å². The summed E-state index contributed by atoms with van der Waals surface area (Å²) in [6.45, 7) is 60.0. The maximum Gasteiger partial charge on any atom is 0 e. The van der Waals surface area contributed by atoms with Crippen molar-refractivity contribution in [1.82, 2.24) is 4.84 Å². The summed E-state index contributed by atoms with van der Waals surface area (Å²) in [5, 5.41) is 58.0. The van der Waals surface area contributed by atoms with Gasteiger partial charge in [0, 0.05) is 94.5 Å². The van der Waals surface area contributed by atoms with E-state index in [1.165, 1.54) is 108 Å². The number of aromatic hydroxyl groups is 5. The van der Waals surface area contributed by atoms with Crippen molar-refractivity contribution in [3.8, 4) is 40.2 Å². The minimum atomic E-state index is -1.97. The zero-order chi connectivity index (χ0) is 100. The van der Waals surface area contributed by atoms with Crippen LogP contribution in [0.3, 0.4) is 0 Å². The first-order valence-corrected chi connectivity index (χ1v) is 53.5. The summed E-state index contributed by atoms with van der Waals surface area (Å²) in [4.78, 5) is 89.1. The molecule has 134 heavy (non-hydrogen) atoms. The molecule has 9 N–H and O–H groups in total. The van der Waals surface area contributed by atoms with Gasteiger partial charge in [0.05, 0.1) is 40.3 Å². The Bertz CT molecular complexity index is 3900. The Labute approximate surface area is 845 Å². The number of nitrogens with one attached hydrogen (secondary N) is 1. The molecule has 0 unspecified atom stereocenters. The van der Waals surface area contributed by atoms with Crippen LogP contribution in [0.2, 0.25) is 25.7 Å². The van der Waals surface area contributed by atoms with Crippen LogP contribution in [0.1, 0.15) is 430 Å². The number of carboxylic acid groups (broad SMARTS) is 1. The SMILES string of the molecule is C.C.C.C=CCCCCCCCCC(=O)O.C=CCCCCCCCCC(=O)Oc1cc(C=O)c(O)c(C(C)(C)C)c1.CC(C)(C)c1cc(C=O)c(O)c(C(C)(C)C)c1.CC(C)(C)c1cc(O)cc(C=O)c1O.CC(C)N=C=NC(C)C.CCO[SiH](C)C.CCO[Si](C)(CCCCCCCCCCC(=O)Oc1cc(C=O)c(O)c(C(C)(C)C)c1)OCC.N[C@@H]1CCCC[C@H]1NCl.[O]=[Pt].[Pt]. The second-order valence-electron chi connectivity index (χ2n) is 38.7. The van der Waals surface area contributed by atoms with Gasteiger partial charge in [0.15, 0.2) is 34.2 Å². The molecule has 4 aromatic carbocycles. The summed E-state index contributed by atoms with van der Waals surface area (Å²) in [6.07, 6.45) is 36.4. The second-order valence-corrected chi connectivity index (χ2v) is 44.7. The topological polar surface area (TPSA) is 367 Å². The molecule has 28 heteroatoms. The minimum absolute atomic E-state index is 0. The van der Waals surface area contributed by atoms with Crippen LogP contribution < -0.4 is 20.0 Å². The number of halogens is 1. The van der Waals surface area contributed by atoms with Gasteiger partial charge in [-0.25, -0.2) is 14.8 Å². The van der Waals surface area contributed by atoms with Crippen LogP contribution in [0.15, 0.2) is 83.8 Å². The third kappa shape index (κ3) is 69.4. The molecular weight excluding hydrogens is 2110 g/mol. The van der Waals surface area contributed by atoms with E-state index in [1.807, 2.05) is 150 Å². The number of hydrogen-bond acceptors (Lipinski definition) is 22. The van der Waals surface area contributed by atoms with Crippen LogP contribution >= 0.6 is 11.8 Å². The number of rotatable bonds is 44. The Morgan fingerprint density at radius 3 is 1.10 bits per heavy atom. The Morgan fingerprint density at radius 2 is 0.813 bits per heavy atom. The predicted octanol–water partition coefficient (Wildman–Crippen LogP) is 27.9. The van der Waals surface area contributed by atoms with Gasteiger partial charge in [0.25, 0.3) is 0 Å². The number of carboxylic acids is 1. The van der Waals surface area contributed by atoms with Gasteiger partial charge in [-0.15, -0.1) is 13.2 Å². The van der Waals surface area contributed by atoms with E-state index in [0.29, 0.717) is 90.0 Å². The summed E-state index contributed by atoms with van der Waals surface area (Å²) < 4.78 is 36.0. The van der Waals surface area contributed by atoms with Crippen molar-refractivity contribution >= 4 is 78.4 Å². The minimum Gasteiger partial charge on any atom is 0 e. The second kappa shape index (κ2) is 80.3. The molecule has 1 saturated carbocycles. The van der Waals surface area contributed by atoms with E-state index in [0.717, 1.165) is 147 Å². The zero-order valence-electron chi connectivity index (χ0n) is 84.7. The quantitative estimate of drug-likeness (QED) is 0.00235. The fourth-order valence-corrected chi connectivity index (χ4v) is 16.5.